The standard InChI is InChI=1S/C13H13NS/c1-10-6-5-8-12(15-2)13(10)11-7-3-4-9-14-11/h3-9H,1-2H3. The molecule has 1 aromatic heterocycles. The molecule has 0 saturated heterocycles. The Morgan fingerprint density at radius 2 is 1.93 bits per heavy atom. The molecule has 0 aliphatic heterocycles. The minimum absolute atomic E-state index is 1.06. The van der Waals surface area contributed by atoms with Crippen LogP contribution in [-0.2, 0) is 0 Å². The first-order valence-corrected chi connectivity index (χ1v) is 6.10. The number of benzene rings is 1. The quantitative estimate of drug-likeness (QED) is 0.707. The second kappa shape index (κ2) is 4.49. The predicted molar refractivity (Wildman–Crippen MR) is 66.2 cm³/mol. The second-order valence-electron chi connectivity index (χ2n) is 3.37. The Morgan fingerprint density at radius 1 is 1.07 bits per heavy atom. The molecule has 0 unspecified atom stereocenters. The molecular formula is C13H13NS. The molecule has 0 spiro atoms. The van der Waals surface area contributed by atoms with Crippen LogP contribution in [0.15, 0.2) is 47.5 Å². The molecule has 1 nitrogen and oxygen atoms in total. The summed E-state index contributed by atoms with van der Waals surface area (Å²) in [6.07, 6.45) is 3.94. The van der Waals surface area contributed by atoms with Crippen LogP contribution in [0.4, 0.5) is 0 Å². The number of aromatic nitrogens is 1. The van der Waals surface area contributed by atoms with E-state index < -0.39 is 0 Å². The molecule has 0 aliphatic carbocycles. The minimum Gasteiger partial charge on any atom is -0.256 e. The van der Waals surface area contributed by atoms with Crippen LogP contribution in [0.5, 0.6) is 0 Å². The van der Waals surface area contributed by atoms with Crippen molar-refractivity contribution >= 4 is 11.8 Å². The molecule has 1 aromatic carbocycles. The summed E-state index contributed by atoms with van der Waals surface area (Å²) in [7, 11) is 0. The van der Waals surface area contributed by atoms with Crippen LogP contribution in [0.1, 0.15) is 5.56 Å². The first-order valence-electron chi connectivity index (χ1n) is 4.88. The van der Waals surface area contributed by atoms with Crippen molar-refractivity contribution in [1.82, 2.24) is 4.98 Å². The largest absolute Gasteiger partial charge is 0.256 e. The number of hydrogen-bond acceptors (Lipinski definition) is 2. The van der Waals surface area contributed by atoms with E-state index in [4.69, 9.17) is 0 Å². The third-order valence-corrected chi connectivity index (χ3v) is 3.16. The van der Waals surface area contributed by atoms with Crippen molar-refractivity contribution in [2.24, 2.45) is 0 Å². The van der Waals surface area contributed by atoms with Crippen LogP contribution in [0, 0.1) is 6.92 Å². The summed E-state index contributed by atoms with van der Waals surface area (Å²) in [5.74, 6) is 0. The van der Waals surface area contributed by atoms with E-state index in [1.165, 1.54) is 16.0 Å². The van der Waals surface area contributed by atoms with Gasteiger partial charge in [0.15, 0.2) is 0 Å². The van der Waals surface area contributed by atoms with Crippen LogP contribution in [-0.4, -0.2) is 11.2 Å². The third-order valence-electron chi connectivity index (χ3n) is 2.38. The third kappa shape index (κ3) is 2.05. The highest BCUT2D eigenvalue weighted by atomic mass is 32.2. The Balaban J connectivity index is 2.61. The molecule has 2 aromatic rings. The maximum Gasteiger partial charge on any atom is 0.0715 e. The Bertz CT molecular complexity index is 451. The fraction of sp³-hybridized carbons (Fsp3) is 0.154. The van der Waals surface area contributed by atoms with Crippen molar-refractivity contribution in [3.8, 4) is 11.3 Å². The van der Waals surface area contributed by atoms with Crippen molar-refractivity contribution in [2.45, 2.75) is 11.8 Å². The lowest BCUT2D eigenvalue weighted by Gasteiger charge is -2.09. The van der Waals surface area contributed by atoms with Gasteiger partial charge < -0.3 is 0 Å². The predicted octanol–water partition coefficient (Wildman–Crippen LogP) is 3.78. The van der Waals surface area contributed by atoms with E-state index >= 15 is 0 Å². The average molecular weight is 215 g/mol. The number of thioether (sulfide) groups is 1. The van der Waals surface area contributed by atoms with Crippen molar-refractivity contribution in [1.29, 1.82) is 0 Å². The SMILES string of the molecule is CSc1cccc(C)c1-c1ccccn1. The van der Waals surface area contributed by atoms with Crippen molar-refractivity contribution in [3.05, 3.63) is 48.2 Å². The molecule has 2 rings (SSSR count). The maximum absolute atomic E-state index is 4.41. The normalized spacial score (nSPS) is 10.3. The van der Waals surface area contributed by atoms with Gasteiger partial charge in [-0.2, -0.15) is 0 Å². The number of aryl methyl sites for hydroxylation is 1. The zero-order valence-electron chi connectivity index (χ0n) is 8.90. The number of pyridine rings is 1. The molecule has 0 bridgehead atoms. The second-order valence-corrected chi connectivity index (χ2v) is 4.22. The summed E-state index contributed by atoms with van der Waals surface area (Å²) in [4.78, 5) is 5.69. The molecule has 1 heterocycles. The van der Waals surface area contributed by atoms with Crippen molar-refractivity contribution < 1.29 is 0 Å². The molecule has 0 atom stereocenters. The summed E-state index contributed by atoms with van der Waals surface area (Å²) >= 11 is 1.76. The van der Waals surface area contributed by atoms with Crippen LogP contribution in [0.2, 0.25) is 0 Å². The van der Waals surface area contributed by atoms with Gasteiger partial charge in [0.1, 0.15) is 0 Å². The van der Waals surface area contributed by atoms with E-state index in [2.05, 4.69) is 42.4 Å². The number of hydrogen-bond donors (Lipinski definition) is 0. The van der Waals surface area contributed by atoms with Crippen molar-refractivity contribution in [2.75, 3.05) is 6.26 Å². The summed E-state index contributed by atoms with van der Waals surface area (Å²) < 4.78 is 0. The monoisotopic (exact) mass is 215 g/mol. The Kier molecular flexibility index (Phi) is 3.07. The molecule has 0 aliphatic rings. The Hall–Kier alpha value is -1.28. The fourth-order valence-electron chi connectivity index (χ4n) is 1.65. The molecular weight excluding hydrogens is 202 g/mol. The van der Waals surface area contributed by atoms with Gasteiger partial charge in [0.2, 0.25) is 0 Å². The molecule has 0 fully saturated rings. The van der Waals surface area contributed by atoms with E-state index in [1.807, 2.05) is 18.3 Å². The zero-order valence-corrected chi connectivity index (χ0v) is 9.71. The fourth-order valence-corrected chi connectivity index (χ4v) is 2.33. The average Bonchev–Trinajstić information content (AvgIpc) is 2.29. The van der Waals surface area contributed by atoms with Crippen LogP contribution >= 0.6 is 11.8 Å². The van der Waals surface area contributed by atoms with Gasteiger partial charge in [0.25, 0.3) is 0 Å². The first-order chi connectivity index (χ1) is 7.33. The zero-order chi connectivity index (χ0) is 10.7. The molecule has 0 saturated carbocycles. The van der Waals surface area contributed by atoms with Gasteiger partial charge in [0.05, 0.1) is 5.69 Å². The van der Waals surface area contributed by atoms with Crippen LogP contribution in [0.25, 0.3) is 11.3 Å². The van der Waals surface area contributed by atoms with Gasteiger partial charge in [-0.1, -0.05) is 18.2 Å². The lowest BCUT2D eigenvalue weighted by atomic mass is 10.1. The van der Waals surface area contributed by atoms with Gasteiger partial charge in [-0.25, -0.2) is 0 Å². The number of rotatable bonds is 2. The van der Waals surface area contributed by atoms with Crippen molar-refractivity contribution in [3.63, 3.8) is 0 Å². The Labute approximate surface area is 94.6 Å². The minimum atomic E-state index is 1.06. The molecule has 0 N–H and O–H groups in total. The molecule has 0 amide bonds. The summed E-state index contributed by atoms with van der Waals surface area (Å²) in [5, 5.41) is 0. The smallest absolute Gasteiger partial charge is 0.0715 e. The van der Waals surface area contributed by atoms with E-state index in [0.29, 0.717) is 0 Å². The van der Waals surface area contributed by atoms with Crippen LogP contribution in [0.3, 0.4) is 0 Å². The van der Waals surface area contributed by atoms with Gasteiger partial charge in [-0.15, -0.1) is 11.8 Å². The van der Waals surface area contributed by atoms with E-state index in [1.54, 1.807) is 11.8 Å². The number of nitrogens with zero attached hydrogens (tertiary/aromatic N) is 1. The molecule has 76 valence electrons. The van der Waals surface area contributed by atoms with Gasteiger partial charge >= 0.3 is 0 Å². The highest BCUT2D eigenvalue weighted by Crippen LogP contribution is 2.31. The lowest BCUT2D eigenvalue weighted by molar-refractivity contribution is 1.26. The van der Waals surface area contributed by atoms with Gasteiger partial charge in [0, 0.05) is 16.7 Å². The Morgan fingerprint density at radius 3 is 2.60 bits per heavy atom. The summed E-state index contributed by atoms with van der Waals surface area (Å²) in [6.45, 7) is 2.13. The maximum atomic E-state index is 4.41. The van der Waals surface area contributed by atoms with Gasteiger partial charge in [-0.05, 0) is 36.9 Å². The van der Waals surface area contributed by atoms with Crippen LogP contribution < -0.4 is 0 Å². The van der Waals surface area contributed by atoms with Gasteiger partial charge in [-0.3, -0.25) is 4.98 Å². The van der Waals surface area contributed by atoms with E-state index in [9.17, 15) is 0 Å². The molecule has 0 radical (unpaired) electrons. The summed E-state index contributed by atoms with van der Waals surface area (Å²) in [6, 6.07) is 12.4. The summed E-state index contributed by atoms with van der Waals surface area (Å²) in [5.41, 5.74) is 3.59. The lowest BCUT2D eigenvalue weighted by Crippen LogP contribution is -1.88. The van der Waals surface area contributed by atoms with E-state index in [0.717, 1.165) is 5.69 Å². The highest BCUT2D eigenvalue weighted by Gasteiger charge is 2.07. The molecule has 2 heteroatoms. The molecule has 15 heavy (non-hydrogen) atoms. The topological polar surface area (TPSA) is 12.9 Å². The first kappa shape index (κ1) is 10.2. The van der Waals surface area contributed by atoms with E-state index in [-0.39, 0.29) is 0 Å². The highest BCUT2D eigenvalue weighted by molar-refractivity contribution is 7.98.